The predicted molar refractivity (Wildman–Crippen MR) is 105 cm³/mol. The summed E-state index contributed by atoms with van der Waals surface area (Å²) in [7, 11) is 1.29. The van der Waals surface area contributed by atoms with Crippen LogP contribution in [-0.2, 0) is 4.79 Å². The molecule has 160 valence electrons. The van der Waals surface area contributed by atoms with Gasteiger partial charge in [-0.1, -0.05) is 6.92 Å². The molecule has 2 atom stereocenters. The SMILES string of the molecule is CCCN1C[C@@H](c2c(F)cc(OC)cc2F)[C@H](NC(=O)Nc2ccc(F)cc2)C1=O. The number of amides is 3. The van der Waals surface area contributed by atoms with Crippen molar-refractivity contribution in [1.82, 2.24) is 10.2 Å². The number of urea groups is 1. The van der Waals surface area contributed by atoms with Crippen molar-refractivity contribution in [1.29, 1.82) is 0 Å². The summed E-state index contributed by atoms with van der Waals surface area (Å²) < 4.78 is 47.2. The van der Waals surface area contributed by atoms with Gasteiger partial charge in [0.05, 0.1) is 7.11 Å². The van der Waals surface area contributed by atoms with E-state index in [9.17, 15) is 22.8 Å². The van der Waals surface area contributed by atoms with E-state index in [0.29, 0.717) is 18.7 Å². The Labute approximate surface area is 172 Å². The van der Waals surface area contributed by atoms with E-state index in [1.54, 1.807) is 0 Å². The number of anilines is 1. The molecule has 0 aromatic heterocycles. The van der Waals surface area contributed by atoms with Gasteiger partial charge in [-0.25, -0.2) is 18.0 Å². The average molecular weight is 421 g/mol. The third-order valence-electron chi connectivity index (χ3n) is 4.94. The van der Waals surface area contributed by atoms with Crippen LogP contribution >= 0.6 is 0 Å². The Kier molecular flexibility index (Phi) is 6.49. The van der Waals surface area contributed by atoms with Crippen LogP contribution in [0.15, 0.2) is 36.4 Å². The van der Waals surface area contributed by atoms with Gasteiger partial charge in [0.15, 0.2) is 0 Å². The van der Waals surface area contributed by atoms with E-state index in [1.165, 1.54) is 36.3 Å². The highest BCUT2D eigenvalue weighted by Gasteiger charge is 2.44. The summed E-state index contributed by atoms with van der Waals surface area (Å²) in [5, 5.41) is 5.00. The van der Waals surface area contributed by atoms with Crippen LogP contribution in [0.2, 0.25) is 0 Å². The van der Waals surface area contributed by atoms with Gasteiger partial charge in [0, 0.05) is 42.4 Å². The molecule has 9 heteroatoms. The number of methoxy groups -OCH3 is 1. The molecule has 2 N–H and O–H groups in total. The van der Waals surface area contributed by atoms with Crippen LogP contribution in [0.1, 0.15) is 24.8 Å². The fourth-order valence-electron chi connectivity index (χ4n) is 3.57. The van der Waals surface area contributed by atoms with Crippen LogP contribution < -0.4 is 15.4 Å². The molecule has 6 nitrogen and oxygen atoms in total. The number of halogens is 3. The van der Waals surface area contributed by atoms with Crippen LogP contribution in [0.5, 0.6) is 5.75 Å². The zero-order valence-corrected chi connectivity index (χ0v) is 16.5. The first-order valence-corrected chi connectivity index (χ1v) is 9.48. The lowest BCUT2D eigenvalue weighted by Crippen LogP contribution is -2.45. The van der Waals surface area contributed by atoms with Crippen molar-refractivity contribution in [3.05, 3.63) is 59.4 Å². The molecule has 3 rings (SSSR count). The van der Waals surface area contributed by atoms with Crippen molar-refractivity contribution in [3.8, 4) is 5.75 Å². The predicted octanol–water partition coefficient (Wildman–Crippen LogP) is 3.64. The molecule has 2 aromatic rings. The number of rotatable bonds is 6. The lowest BCUT2D eigenvalue weighted by Gasteiger charge is -2.20. The lowest BCUT2D eigenvalue weighted by molar-refractivity contribution is -0.129. The second kappa shape index (κ2) is 9.06. The highest BCUT2D eigenvalue weighted by molar-refractivity contribution is 5.95. The van der Waals surface area contributed by atoms with Crippen molar-refractivity contribution in [3.63, 3.8) is 0 Å². The molecule has 0 bridgehead atoms. The highest BCUT2D eigenvalue weighted by atomic mass is 19.1. The van der Waals surface area contributed by atoms with Crippen LogP contribution in [0, 0.1) is 17.5 Å². The Morgan fingerprint density at radius 3 is 2.37 bits per heavy atom. The minimum atomic E-state index is -1.16. The van der Waals surface area contributed by atoms with E-state index in [2.05, 4.69) is 10.6 Å². The molecule has 1 aliphatic heterocycles. The van der Waals surface area contributed by atoms with Gasteiger partial charge in [0.1, 0.15) is 29.2 Å². The Balaban J connectivity index is 1.86. The topological polar surface area (TPSA) is 70.7 Å². The van der Waals surface area contributed by atoms with Gasteiger partial charge in [-0.15, -0.1) is 0 Å². The Bertz CT molecular complexity index is 914. The molecular weight excluding hydrogens is 399 g/mol. The van der Waals surface area contributed by atoms with Gasteiger partial charge < -0.3 is 20.3 Å². The summed E-state index contributed by atoms with van der Waals surface area (Å²) in [6, 6.07) is 5.24. The number of hydrogen-bond donors (Lipinski definition) is 2. The smallest absolute Gasteiger partial charge is 0.319 e. The van der Waals surface area contributed by atoms with Crippen molar-refractivity contribution in [2.45, 2.75) is 25.3 Å². The lowest BCUT2D eigenvalue weighted by atomic mass is 9.93. The first kappa shape index (κ1) is 21.5. The highest BCUT2D eigenvalue weighted by Crippen LogP contribution is 2.34. The van der Waals surface area contributed by atoms with E-state index in [-0.39, 0.29) is 17.9 Å². The van der Waals surface area contributed by atoms with Crippen LogP contribution in [0.25, 0.3) is 0 Å². The molecule has 0 spiro atoms. The van der Waals surface area contributed by atoms with Gasteiger partial charge in [0.2, 0.25) is 5.91 Å². The van der Waals surface area contributed by atoms with Gasteiger partial charge in [-0.3, -0.25) is 4.79 Å². The number of nitrogens with one attached hydrogen (secondary N) is 2. The van der Waals surface area contributed by atoms with Gasteiger partial charge >= 0.3 is 6.03 Å². The third-order valence-corrected chi connectivity index (χ3v) is 4.94. The zero-order chi connectivity index (χ0) is 21.8. The Morgan fingerprint density at radius 1 is 1.17 bits per heavy atom. The van der Waals surface area contributed by atoms with E-state index in [0.717, 1.165) is 12.1 Å². The first-order valence-electron chi connectivity index (χ1n) is 9.48. The number of carbonyl (C=O) groups excluding carboxylic acids is 2. The number of ether oxygens (including phenoxy) is 1. The van der Waals surface area contributed by atoms with Gasteiger partial charge in [0.25, 0.3) is 0 Å². The average Bonchev–Trinajstić information content (AvgIpc) is 2.99. The number of hydrogen-bond acceptors (Lipinski definition) is 3. The van der Waals surface area contributed by atoms with Crippen molar-refractivity contribution < 1.29 is 27.5 Å². The molecule has 1 heterocycles. The second-order valence-electron chi connectivity index (χ2n) is 6.98. The molecule has 3 amide bonds. The first-order chi connectivity index (χ1) is 14.3. The molecule has 1 aliphatic rings. The Hall–Kier alpha value is -3.23. The molecule has 1 saturated heterocycles. The summed E-state index contributed by atoms with van der Waals surface area (Å²) in [5.41, 5.74) is 0.0259. The number of likely N-dealkylation sites (tertiary alicyclic amines) is 1. The summed E-state index contributed by atoms with van der Waals surface area (Å²) in [6.07, 6.45) is 0.653. The Morgan fingerprint density at radius 2 is 1.80 bits per heavy atom. The van der Waals surface area contributed by atoms with Crippen LogP contribution in [0.3, 0.4) is 0 Å². The number of carbonyl (C=O) groups is 2. The van der Waals surface area contributed by atoms with Gasteiger partial charge in [-0.2, -0.15) is 0 Å². The molecule has 0 unspecified atom stereocenters. The fraction of sp³-hybridized carbons (Fsp3) is 0.333. The minimum Gasteiger partial charge on any atom is -0.497 e. The molecular formula is C21H22F3N3O3. The van der Waals surface area contributed by atoms with E-state index in [1.807, 2.05) is 6.92 Å². The fourth-order valence-corrected chi connectivity index (χ4v) is 3.57. The molecule has 0 saturated carbocycles. The maximum Gasteiger partial charge on any atom is 0.319 e. The van der Waals surface area contributed by atoms with Crippen molar-refractivity contribution in [2.75, 3.05) is 25.5 Å². The number of benzene rings is 2. The molecule has 1 fully saturated rings. The van der Waals surface area contributed by atoms with Crippen molar-refractivity contribution in [2.24, 2.45) is 0 Å². The maximum atomic E-state index is 14.7. The third kappa shape index (κ3) is 4.50. The largest absolute Gasteiger partial charge is 0.497 e. The standard InChI is InChI=1S/C21H22F3N3O3/c1-3-8-27-11-15(18-16(23)9-14(30-2)10-17(18)24)19(20(27)28)26-21(29)25-13-6-4-12(22)5-7-13/h4-7,9-10,15,19H,3,8,11H2,1-2H3,(H2,25,26,29)/t15-,19-/m0/s1. The van der Waals surface area contributed by atoms with E-state index >= 15 is 0 Å². The van der Waals surface area contributed by atoms with Crippen molar-refractivity contribution >= 4 is 17.6 Å². The monoisotopic (exact) mass is 421 g/mol. The van der Waals surface area contributed by atoms with E-state index in [4.69, 9.17) is 4.74 Å². The molecule has 0 radical (unpaired) electrons. The summed E-state index contributed by atoms with van der Waals surface area (Å²) in [5.74, 6) is -3.50. The minimum absolute atomic E-state index is 0.0158. The van der Waals surface area contributed by atoms with Gasteiger partial charge in [-0.05, 0) is 30.7 Å². The summed E-state index contributed by atoms with van der Waals surface area (Å²) in [4.78, 5) is 26.7. The molecule has 0 aliphatic carbocycles. The second-order valence-corrected chi connectivity index (χ2v) is 6.98. The van der Waals surface area contributed by atoms with Crippen LogP contribution in [-0.4, -0.2) is 43.1 Å². The molecule has 30 heavy (non-hydrogen) atoms. The number of nitrogens with zero attached hydrogens (tertiary/aromatic N) is 1. The maximum absolute atomic E-state index is 14.7. The summed E-state index contributed by atoms with van der Waals surface area (Å²) >= 11 is 0. The molecule has 2 aromatic carbocycles. The van der Waals surface area contributed by atoms with Crippen LogP contribution in [0.4, 0.5) is 23.7 Å². The zero-order valence-electron chi connectivity index (χ0n) is 16.5. The quantitative estimate of drug-likeness (QED) is 0.748. The van der Waals surface area contributed by atoms with E-state index < -0.39 is 41.3 Å². The summed E-state index contributed by atoms with van der Waals surface area (Å²) in [6.45, 7) is 2.33. The normalized spacial score (nSPS) is 18.4.